The maximum absolute atomic E-state index is 11.9. The fourth-order valence-corrected chi connectivity index (χ4v) is 2.23. The summed E-state index contributed by atoms with van der Waals surface area (Å²) in [7, 11) is 0. The molecule has 0 saturated carbocycles. The van der Waals surface area contributed by atoms with Gasteiger partial charge in [-0.3, -0.25) is 4.79 Å². The highest BCUT2D eigenvalue weighted by Gasteiger charge is 2.22. The first kappa shape index (κ1) is 16.3. The molecule has 1 atom stereocenters. The van der Waals surface area contributed by atoms with Crippen LogP contribution in [0.3, 0.4) is 0 Å². The van der Waals surface area contributed by atoms with Crippen LogP contribution in [0, 0.1) is 5.92 Å². The molecule has 0 aliphatic carbocycles. The summed E-state index contributed by atoms with van der Waals surface area (Å²) < 4.78 is 0. The largest absolute Gasteiger partial charge is 0.508 e. The molecule has 3 N–H and O–H groups in total. The zero-order valence-electron chi connectivity index (χ0n) is 12.5. The van der Waals surface area contributed by atoms with Crippen LogP contribution in [-0.4, -0.2) is 22.7 Å². The fraction of sp³-hybridized carbons (Fsp3) is 0.562. The van der Waals surface area contributed by atoms with E-state index in [4.69, 9.17) is 0 Å². The van der Waals surface area contributed by atoms with E-state index in [2.05, 4.69) is 12.2 Å². The SMILES string of the molecule is CCCCNC(=O)CC(c1ccc(O)cc1O)C(C)C. The molecule has 0 radical (unpaired) electrons. The molecule has 1 rings (SSSR count). The molecule has 112 valence electrons. The van der Waals surface area contributed by atoms with Crippen LogP contribution in [0.15, 0.2) is 18.2 Å². The zero-order valence-corrected chi connectivity index (χ0v) is 12.5. The molecule has 0 bridgehead atoms. The van der Waals surface area contributed by atoms with Crippen molar-refractivity contribution < 1.29 is 15.0 Å². The number of rotatable bonds is 7. The van der Waals surface area contributed by atoms with Crippen LogP contribution in [0.25, 0.3) is 0 Å². The smallest absolute Gasteiger partial charge is 0.220 e. The quantitative estimate of drug-likeness (QED) is 0.672. The molecule has 0 aliphatic rings. The van der Waals surface area contributed by atoms with Gasteiger partial charge >= 0.3 is 0 Å². The van der Waals surface area contributed by atoms with Crippen molar-refractivity contribution in [2.75, 3.05) is 6.54 Å². The van der Waals surface area contributed by atoms with Gasteiger partial charge in [-0.25, -0.2) is 0 Å². The van der Waals surface area contributed by atoms with Gasteiger partial charge in [0.25, 0.3) is 0 Å². The topological polar surface area (TPSA) is 69.6 Å². The van der Waals surface area contributed by atoms with Crippen molar-refractivity contribution in [1.29, 1.82) is 0 Å². The lowest BCUT2D eigenvalue weighted by Gasteiger charge is -2.22. The monoisotopic (exact) mass is 279 g/mol. The predicted molar refractivity (Wildman–Crippen MR) is 79.9 cm³/mol. The van der Waals surface area contributed by atoms with Crippen molar-refractivity contribution >= 4 is 5.91 Å². The Kier molecular flexibility index (Phi) is 6.36. The zero-order chi connectivity index (χ0) is 15.1. The molecule has 4 heteroatoms. The van der Waals surface area contributed by atoms with Gasteiger partial charge in [-0.15, -0.1) is 0 Å². The average molecular weight is 279 g/mol. The molecule has 1 aromatic rings. The van der Waals surface area contributed by atoms with E-state index in [0.717, 1.165) is 12.8 Å². The minimum atomic E-state index is -0.0581. The second-order valence-corrected chi connectivity index (χ2v) is 5.50. The Bertz CT molecular complexity index is 443. The molecule has 1 aromatic carbocycles. The van der Waals surface area contributed by atoms with Crippen LogP contribution in [-0.2, 0) is 4.79 Å². The van der Waals surface area contributed by atoms with Gasteiger partial charge in [0.05, 0.1) is 0 Å². The summed E-state index contributed by atoms with van der Waals surface area (Å²) in [5, 5.41) is 22.2. The standard InChI is InChI=1S/C16H25NO3/c1-4-5-8-17-16(20)10-14(11(2)3)13-7-6-12(18)9-15(13)19/h6-7,9,11,14,18-19H,4-5,8,10H2,1-3H3,(H,17,20). The fourth-order valence-electron chi connectivity index (χ4n) is 2.23. The van der Waals surface area contributed by atoms with Crippen molar-refractivity contribution in [3.63, 3.8) is 0 Å². The minimum Gasteiger partial charge on any atom is -0.508 e. The lowest BCUT2D eigenvalue weighted by Crippen LogP contribution is -2.27. The molecular formula is C16H25NO3. The van der Waals surface area contributed by atoms with Crippen LogP contribution in [0.5, 0.6) is 11.5 Å². The van der Waals surface area contributed by atoms with E-state index in [0.29, 0.717) is 18.5 Å². The Balaban J connectivity index is 2.76. The predicted octanol–water partition coefficient (Wildman–Crippen LogP) is 3.14. The van der Waals surface area contributed by atoms with Crippen molar-refractivity contribution in [1.82, 2.24) is 5.32 Å². The third-order valence-corrected chi connectivity index (χ3v) is 3.48. The molecule has 0 aliphatic heterocycles. The van der Waals surface area contributed by atoms with Crippen LogP contribution >= 0.6 is 0 Å². The third kappa shape index (κ3) is 4.76. The molecule has 1 unspecified atom stereocenters. The Labute approximate surface area is 120 Å². The number of carbonyl (C=O) groups is 1. The van der Waals surface area contributed by atoms with Gasteiger partial charge in [-0.05, 0) is 29.9 Å². The summed E-state index contributed by atoms with van der Waals surface area (Å²) in [6.45, 7) is 6.83. The molecule has 4 nitrogen and oxygen atoms in total. The number of phenols is 2. The number of benzene rings is 1. The van der Waals surface area contributed by atoms with Gasteiger partial charge in [-0.1, -0.05) is 33.3 Å². The lowest BCUT2D eigenvalue weighted by molar-refractivity contribution is -0.121. The van der Waals surface area contributed by atoms with Gasteiger partial charge in [0.1, 0.15) is 11.5 Å². The lowest BCUT2D eigenvalue weighted by atomic mass is 9.85. The van der Waals surface area contributed by atoms with E-state index >= 15 is 0 Å². The maximum atomic E-state index is 11.9. The van der Waals surface area contributed by atoms with Gasteiger partial charge in [0.2, 0.25) is 5.91 Å². The van der Waals surface area contributed by atoms with Crippen LogP contribution in [0.4, 0.5) is 0 Å². The summed E-state index contributed by atoms with van der Waals surface area (Å²) in [5.74, 6) is 0.246. The van der Waals surface area contributed by atoms with Crippen molar-refractivity contribution in [2.45, 2.75) is 46.0 Å². The summed E-state index contributed by atoms with van der Waals surface area (Å²) in [6, 6.07) is 4.55. The Hall–Kier alpha value is -1.71. The Morgan fingerprint density at radius 1 is 1.30 bits per heavy atom. The molecule has 0 spiro atoms. The van der Waals surface area contributed by atoms with Crippen LogP contribution < -0.4 is 5.32 Å². The van der Waals surface area contributed by atoms with E-state index in [1.165, 1.54) is 6.07 Å². The number of aromatic hydroxyl groups is 2. The number of amides is 1. The number of unbranched alkanes of at least 4 members (excludes halogenated alkanes) is 1. The Morgan fingerprint density at radius 2 is 2.00 bits per heavy atom. The van der Waals surface area contributed by atoms with Crippen LogP contribution in [0.1, 0.15) is 51.5 Å². The number of hydrogen-bond donors (Lipinski definition) is 3. The molecular weight excluding hydrogens is 254 g/mol. The highest BCUT2D eigenvalue weighted by Crippen LogP contribution is 2.35. The molecule has 1 amide bonds. The molecule has 0 saturated heterocycles. The summed E-state index contributed by atoms with van der Waals surface area (Å²) >= 11 is 0. The van der Waals surface area contributed by atoms with Gasteiger partial charge in [0.15, 0.2) is 0 Å². The van der Waals surface area contributed by atoms with E-state index in [9.17, 15) is 15.0 Å². The number of nitrogens with one attached hydrogen (secondary N) is 1. The molecule has 0 fully saturated rings. The highest BCUT2D eigenvalue weighted by molar-refractivity contribution is 5.77. The third-order valence-electron chi connectivity index (χ3n) is 3.48. The van der Waals surface area contributed by atoms with Crippen LogP contribution in [0.2, 0.25) is 0 Å². The van der Waals surface area contributed by atoms with Crippen molar-refractivity contribution in [2.24, 2.45) is 5.92 Å². The van der Waals surface area contributed by atoms with Crippen molar-refractivity contribution in [3.8, 4) is 11.5 Å². The molecule has 0 heterocycles. The molecule has 20 heavy (non-hydrogen) atoms. The first-order valence-electron chi connectivity index (χ1n) is 7.24. The van der Waals surface area contributed by atoms with E-state index in [-0.39, 0.29) is 29.2 Å². The summed E-state index contributed by atoms with van der Waals surface area (Å²) in [4.78, 5) is 11.9. The normalized spacial score (nSPS) is 12.4. The number of phenolic OH excluding ortho intramolecular Hbond substituents is 2. The summed E-state index contributed by atoms with van der Waals surface area (Å²) in [5.41, 5.74) is 0.712. The Morgan fingerprint density at radius 3 is 2.55 bits per heavy atom. The van der Waals surface area contributed by atoms with Gasteiger partial charge < -0.3 is 15.5 Å². The maximum Gasteiger partial charge on any atom is 0.220 e. The highest BCUT2D eigenvalue weighted by atomic mass is 16.3. The number of hydrogen-bond acceptors (Lipinski definition) is 3. The second-order valence-electron chi connectivity index (χ2n) is 5.50. The minimum absolute atomic E-state index is 0.00428. The number of carbonyl (C=O) groups excluding carboxylic acids is 1. The van der Waals surface area contributed by atoms with E-state index in [1.54, 1.807) is 12.1 Å². The first-order valence-corrected chi connectivity index (χ1v) is 7.24. The average Bonchev–Trinajstić information content (AvgIpc) is 2.37. The second kappa shape index (κ2) is 7.78. The van der Waals surface area contributed by atoms with Gasteiger partial charge in [0, 0.05) is 19.0 Å². The summed E-state index contributed by atoms with van der Waals surface area (Å²) in [6.07, 6.45) is 2.37. The van der Waals surface area contributed by atoms with E-state index < -0.39 is 0 Å². The molecule has 0 aromatic heterocycles. The first-order chi connectivity index (χ1) is 9.45. The van der Waals surface area contributed by atoms with E-state index in [1.807, 2.05) is 13.8 Å². The van der Waals surface area contributed by atoms with Gasteiger partial charge in [-0.2, -0.15) is 0 Å². The van der Waals surface area contributed by atoms with Crippen molar-refractivity contribution in [3.05, 3.63) is 23.8 Å².